The zero-order valence-electron chi connectivity index (χ0n) is 30.0. The Labute approximate surface area is 280 Å². The van der Waals surface area contributed by atoms with E-state index in [1.54, 1.807) is 12.1 Å². The van der Waals surface area contributed by atoms with E-state index in [4.69, 9.17) is 0 Å². The van der Waals surface area contributed by atoms with Gasteiger partial charge in [-0.05, 0) is 152 Å². The largest absolute Gasteiger partial charge is 0.478 e. The summed E-state index contributed by atoms with van der Waals surface area (Å²) >= 11 is 0. The van der Waals surface area contributed by atoms with Crippen molar-refractivity contribution in [2.75, 3.05) is 19.6 Å². The summed E-state index contributed by atoms with van der Waals surface area (Å²) < 4.78 is 0. The smallest absolute Gasteiger partial charge is 0.335 e. The summed E-state index contributed by atoms with van der Waals surface area (Å²) in [6, 6.07) is 7.64. The van der Waals surface area contributed by atoms with E-state index in [2.05, 4.69) is 71.4 Å². The van der Waals surface area contributed by atoms with E-state index < -0.39 is 5.97 Å². The fraction of sp³-hybridized carbons (Fsp3) is 0.690. The quantitative estimate of drug-likeness (QED) is 0.189. The van der Waals surface area contributed by atoms with Gasteiger partial charge >= 0.3 is 5.97 Å². The van der Waals surface area contributed by atoms with Gasteiger partial charge in [-0.1, -0.05) is 71.6 Å². The third kappa shape index (κ3) is 4.98. The van der Waals surface area contributed by atoms with Crippen molar-refractivity contribution in [1.29, 1.82) is 0 Å². The van der Waals surface area contributed by atoms with Gasteiger partial charge in [-0.25, -0.2) is 4.79 Å². The van der Waals surface area contributed by atoms with Crippen molar-refractivity contribution in [3.8, 4) is 0 Å². The van der Waals surface area contributed by atoms with Crippen LogP contribution >= 0.6 is 0 Å². The fourth-order valence-electron chi connectivity index (χ4n) is 13.2. The van der Waals surface area contributed by atoms with E-state index in [9.17, 15) is 9.90 Å². The van der Waals surface area contributed by atoms with Crippen LogP contribution in [0.4, 0.5) is 0 Å². The second kappa shape index (κ2) is 11.7. The number of hydrogen-bond donors (Lipinski definition) is 3. The molecular formula is C42H62N2O2. The molecule has 0 saturated heterocycles. The van der Waals surface area contributed by atoms with Crippen molar-refractivity contribution in [2.45, 2.75) is 106 Å². The van der Waals surface area contributed by atoms with E-state index in [0.29, 0.717) is 33.6 Å². The van der Waals surface area contributed by atoms with Gasteiger partial charge in [0.2, 0.25) is 0 Å². The van der Waals surface area contributed by atoms with Crippen LogP contribution in [0.2, 0.25) is 0 Å². The van der Waals surface area contributed by atoms with Crippen LogP contribution in [0, 0.1) is 56.7 Å². The molecule has 4 heteroatoms. The predicted molar refractivity (Wildman–Crippen MR) is 191 cm³/mol. The molecule has 0 radical (unpaired) electrons. The molecule has 6 rings (SSSR count). The molecule has 0 spiro atoms. The van der Waals surface area contributed by atoms with E-state index in [1.807, 2.05) is 19.1 Å². The number of benzene rings is 1. The van der Waals surface area contributed by atoms with Crippen molar-refractivity contribution in [3.63, 3.8) is 0 Å². The van der Waals surface area contributed by atoms with E-state index >= 15 is 0 Å². The van der Waals surface area contributed by atoms with Crippen LogP contribution in [0.25, 0.3) is 5.57 Å². The molecule has 0 heterocycles. The van der Waals surface area contributed by atoms with Gasteiger partial charge < -0.3 is 15.7 Å². The van der Waals surface area contributed by atoms with Gasteiger partial charge in [0.05, 0.1) is 5.56 Å². The fourth-order valence-corrected chi connectivity index (χ4v) is 13.2. The number of carbonyl (C=O) groups is 1. The summed E-state index contributed by atoms with van der Waals surface area (Å²) in [5.41, 5.74) is 6.82. The second-order valence-corrected chi connectivity index (χ2v) is 17.9. The lowest BCUT2D eigenvalue weighted by molar-refractivity contribution is -0.225. The molecule has 3 N–H and O–H groups in total. The Morgan fingerprint density at radius 2 is 1.59 bits per heavy atom. The highest BCUT2D eigenvalue weighted by molar-refractivity contribution is 5.88. The second-order valence-electron chi connectivity index (χ2n) is 17.9. The Balaban J connectivity index is 1.29. The molecule has 4 fully saturated rings. The monoisotopic (exact) mass is 626 g/mol. The third-order valence-corrected chi connectivity index (χ3v) is 15.5. The first-order valence-electron chi connectivity index (χ1n) is 18.4. The van der Waals surface area contributed by atoms with Gasteiger partial charge in [-0.3, -0.25) is 0 Å². The molecule has 4 saturated carbocycles. The highest BCUT2D eigenvalue weighted by Crippen LogP contribution is 2.77. The van der Waals surface area contributed by atoms with Crippen LogP contribution in [0.1, 0.15) is 122 Å². The molecule has 0 unspecified atom stereocenters. The number of hydrogen-bond acceptors (Lipinski definition) is 3. The van der Waals surface area contributed by atoms with Crippen molar-refractivity contribution in [2.24, 2.45) is 56.7 Å². The zero-order chi connectivity index (χ0) is 33.3. The Morgan fingerprint density at radius 3 is 2.24 bits per heavy atom. The molecule has 0 bridgehead atoms. The normalized spacial score (nSPS) is 40.8. The molecular weight excluding hydrogens is 564 g/mol. The molecule has 0 aromatic heterocycles. The van der Waals surface area contributed by atoms with Crippen molar-refractivity contribution < 1.29 is 9.90 Å². The Bertz CT molecular complexity index is 1410. The van der Waals surface area contributed by atoms with Crippen molar-refractivity contribution in [3.05, 3.63) is 65.9 Å². The lowest BCUT2D eigenvalue weighted by atomic mass is 9.32. The summed E-state index contributed by atoms with van der Waals surface area (Å²) in [6.45, 7) is 29.2. The summed E-state index contributed by atoms with van der Waals surface area (Å²) in [5, 5.41) is 16.8. The minimum absolute atomic E-state index is 0.0414. The topological polar surface area (TPSA) is 61.4 Å². The average molecular weight is 627 g/mol. The van der Waals surface area contributed by atoms with Crippen LogP contribution in [0.3, 0.4) is 0 Å². The molecule has 5 aliphatic rings. The first kappa shape index (κ1) is 33.6. The summed E-state index contributed by atoms with van der Waals surface area (Å²) in [4.78, 5) is 11.5. The van der Waals surface area contributed by atoms with Crippen molar-refractivity contribution >= 4 is 11.5 Å². The first-order valence-corrected chi connectivity index (χ1v) is 18.4. The Hall–Kier alpha value is -2.33. The van der Waals surface area contributed by atoms with E-state index in [1.165, 1.54) is 68.1 Å². The highest BCUT2D eigenvalue weighted by atomic mass is 16.4. The molecule has 9 atom stereocenters. The maximum absolute atomic E-state index is 11.5. The molecule has 252 valence electrons. The molecule has 0 amide bonds. The molecule has 0 aliphatic heterocycles. The number of carboxylic acids is 1. The minimum Gasteiger partial charge on any atom is -0.478 e. The van der Waals surface area contributed by atoms with Crippen LogP contribution < -0.4 is 10.6 Å². The molecule has 1 aromatic carbocycles. The number of rotatable bonds is 9. The number of nitrogens with one attached hydrogen (secondary N) is 2. The number of aromatic carboxylic acids is 1. The number of fused-ring (bicyclic) bond motifs is 7. The van der Waals surface area contributed by atoms with Gasteiger partial charge in [0.25, 0.3) is 0 Å². The Kier molecular flexibility index (Phi) is 8.52. The minimum atomic E-state index is -0.856. The summed E-state index contributed by atoms with van der Waals surface area (Å²) in [5.74, 6) is 2.63. The van der Waals surface area contributed by atoms with Gasteiger partial charge in [0, 0.05) is 25.3 Å². The average Bonchev–Trinajstić information content (AvgIpc) is 3.37. The first-order chi connectivity index (χ1) is 21.6. The van der Waals surface area contributed by atoms with Crippen molar-refractivity contribution in [1.82, 2.24) is 10.6 Å². The number of carboxylic acid groups (broad SMARTS) is 1. The maximum Gasteiger partial charge on any atom is 0.335 e. The van der Waals surface area contributed by atoms with Gasteiger partial charge in [0.1, 0.15) is 0 Å². The lowest BCUT2D eigenvalue weighted by Gasteiger charge is -2.72. The van der Waals surface area contributed by atoms with Crippen LogP contribution in [-0.2, 0) is 0 Å². The number of allylic oxidation sites excluding steroid dienone is 4. The van der Waals surface area contributed by atoms with Gasteiger partial charge in [-0.15, -0.1) is 0 Å². The van der Waals surface area contributed by atoms with E-state index in [-0.39, 0.29) is 10.8 Å². The highest BCUT2D eigenvalue weighted by Gasteiger charge is 2.70. The SMILES string of the molecule is C=C(C)NCCNC[C@]12CC[C@@H](C(=C)C)[C@@H]1[C@H]1CC[C@@H]3[C@@]4(C)CC=C(c5ccc(C(=O)O)cc5)C(C)(C)[C@@H]4CC[C@@]3(C)[C@]1(C)CC2. The van der Waals surface area contributed by atoms with E-state index in [0.717, 1.165) is 49.5 Å². The maximum atomic E-state index is 11.5. The Morgan fingerprint density at radius 1 is 0.870 bits per heavy atom. The van der Waals surface area contributed by atoms with Crippen LogP contribution in [0.15, 0.2) is 54.8 Å². The molecule has 5 aliphatic carbocycles. The standard InChI is InChI=1S/C42H62N2O2/c1-27(2)31-16-21-42(26-43-24-25-44-28(3)4)23-22-40(8)33(36(31)42)14-15-35-39(7)19-17-32(29-10-12-30(13-11-29)37(45)46)38(5,6)34(39)18-20-41(35,40)9/h10-13,17,31,33-36,43-44H,1,3,14-16,18-26H2,2,4-9H3,(H,45,46)/t31-,33+,34-,35+,36+,39-,40+,41+,42+/m0/s1. The zero-order valence-corrected chi connectivity index (χ0v) is 30.0. The molecule has 4 nitrogen and oxygen atoms in total. The van der Waals surface area contributed by atoms with Gasteiger partial charge in [0.15, 0.2) is 0 Å². The summed E-state index contributed by atoms with van der Waals surface area (Å²) in [6.07, 6.45) is 14.4. The lowest BCUT2D eigenvalue weighted by Crippen LogP contribution is -2.65. The molecule has 46 heavy (non-hydrogen) atoms. The van der Waals surface area contributed by atoms with Gasteiger partial charge in [-0.2, -0.15) is 0 Å². The third-order valence-electron chi connectivity index (χ3n) is 15.5. The molecule has 1 aromatic rings. The van der Waals surface area contributed by atoms with Crippen LogP contribution in [-0.4, -0.2) is 30.7 Å². The predicted octanol–water partition coefficient (Wildman–Crippen LogP) is 9.75. The van der Waals surface area contributed by atoms with Crippen LogP contribution in [0.5, 0.6) is 0 Å². The summed E-state index contributed by atoms with van der Waals surface area (Å²) in [7, 11) is 0.